The van der Waals surface area contributed by atoms with Crippen LogP contribution in [0.1, 0.15) is 36.7 Å². The Kier molecular flexibility index (Phi) is 5.50. The number of carbonyl (C=O) groups is 3. The third kappa shape index (κ3) is 5.82. The summed E-state index contributed by atoms with van der Waals surface area (Å²) in [5.41, 5.74) is -0.196. The summed E-state index contributed by atoms with van der Waals surface area (Å²) in [6.07, 6.45) is -0.885. The van der Waals surface area contributed by atoms with Gasteiger partial charge in [-0.1, -0.05) is 12.1 Å². The second-order valence-corrected chi connectivity index (χ2v) is 5.75. The van der Waals surface area contributed by atoms with E-state index >= 15 is 0 Å². The number of hydrogen-bond acceptors (Lipinski definition) is 4. The average Bonchev–Trinajstić information content (AvgIpc) is 2.35. The molecule has 0 aliphatic carbocycles. The third-order valence-electron chi connectivity index (χ3n) is 2.60. The quantitative estimate of drug-likeness (QED) is 0.765. The lowest BCUT2D eigenvalue weighted by atomic mass is 10.0. The van der Waals surface area contributed by atoms with Gasteiger partial charge in [-0.2, -0.15) is 0 Å². The molecule has 1 rings (SSSR count). The van der Waals surface area contributed by atoms with Gasteiger partial charge in [-0.25, -0.2) is 14.4 Å². The maximum Gasteiger partial charge on any atom is 0.408 e. The molecule has 120 valence electrons. The average molecular weight is 309 g/mol. The minimum atomic E-state index is -1.23. The molecule has 1 aromatic carbocycles. The number of aromatic carboxylic acids is 1. The molecule has 1 amide bonds. The highest BCUT2D eigenvalue weighted by Gasteiger charge is 2.24. The van der Waals surface area contributed by atoms with Gasteiger partial charge in [-0.15, -0.1) is 0 Å². The van der Waals surface area contributed by atoms with Crippen LogP contribution in [0.25, 0.3) is 0 Å². The summed E-state index contributed by atoms with van der Waals surface area (Å²) >= 11 is 0. The second kappa shape index (κ2) is 6.93. The number of aliphatic carboxylic acids is 1. The number of carboxylic acids is 2. The first-order valence-corrected chi connectivity index (χ1v) is 6.63. The number of hydrogen-bond donors (Lipinski definition) is 3. The highest BCUT2D eigenvalue weighted by Crippen LogP contribution is 2.10. The minimum Gasteiger partial charge on any atom is -0.480 e. The van der Waals surface area contributed by atoms with Gasteiger partial charge in [-0.05, 0) is 38.5 Å². The van der Waals surface area contributed by atoms with Crippen molar-refractivity contribution in [3.63, 3.8) is 0 Å². The van der Waals surface area contributed by atoms with Gasteiger partial charge in [0.05, 0.1) is 5.56 Å². The molecule has 0 heterocycles. The zero-order valence-electron chi connectivity index (χ0n) is 12.6. The number of carboxylic acid groups (broad SMARTS) is 2. The van der Waals surface area contributed by atoms with Crippen molar-refractivity contribution in [3.8, 4) is 0 Å². The van der Waals surface area contributed by atoms with E-state index < -0.39 is 29.7 Å². The lowest BCUT2D eigenvalue weighted by Gasteiger charge is -2.22. The molecule has 7 heteroatoms. The fourth-order valence-electron chi connectivity index (χ4n) is 1.72. The normalized spacial score (nSPS) is 12.3. The first-order valence-electron chi connectivity index (χ1n) is 6.63. The number of carbonyl (C=O) groups excluding carboxylic acids is 1. The Bertz CT molecular complexity index is 576. The number of amides is 1. The summed E-state index contributed by atoms with van der Waals surface area (Å²) in [5.74, 6) is -2.33. The van der Waals surface area contributed by atoms with Gasteiger partial charge in [0.15, 0.2) is 0 Å². The van der Waals surface area contributed by atoms with Crippen LogP contribution in [-0.2, 0) is 16.0 Å². The second-order valence-electron chi connectivity index (χ2n) is 5.75. The van der Waals surface area contributed by atoms with Crippen LogP contribution >= 0.6 is 0 Å². The monoisotopic (exact) mass is 309 g/mol. The van der Waals surface area contributed by atoms with E-state index in [1.54, 1.807) is 26.8 Å². The van der Waals surface area contributed by atoms with Crippen LogP contribution in [0.4, 0.5) is 4.79 Å². The van der Waals surface area contributed by atoms with Crippen LogP contribution < -0.4 is 5.32 Å². The topological polar surface area (TPSA) is 113 Å². The van der Waals surface area contributed by atoms with E-state index in [0.29, 0.717) is 5.56 Å². The molecule has 3 N–H and O–H groups in total. The van der Waals surface area contributed by atoms with Crippen molar-refractivity contribution in [1.82, 2.24) is 5.32 Å². The Hall–Kier alpha value is -2.57. The zero-order chi connectivity index (χ0) is 16.9. The first-order chi connectivity index (χ1) is 10.1. The molecule has 0 aliphatic heterocycles. The van der Waals surface area contributed by atoms with Crippen LogP contribution in [0.15, 0.2) is 24.3 Å². The van der Waals surface area contributed by atoms with Crippen molar-refractivity contribution >= 4 is 18.0 Å². The van der Waals surface area contributed by atoms with Crippen molar-refractivity contribution in [2.24, 2.45) is 0 Å². The molecule has 0 unspecified atom stereocenters. The van der Waals surface area contributed by atoms with Gasteiger partial charge in [0, 0.05) is 6.42 Å². The van der Waals surface area contributed by atoms with E-state index in [2.05, 4.69) is 5.32 Å². The standard InChI is InChI=1S/C15H19NO6/c1-15(2,3)22-14(21)16-11(13(19)20)8-9-5-4-6-10(7-9)12(17)18/h4-7,11H,8H2,1-3H3,(H,16,21)(H,17,18)(H,19,20)/t11-/m1/s1. The van der Waals surface area contributed by atoms with Crippen molar-refractivity contribution in [1.29, 1.82) is 0 Å². The van der Waals surface area contributed by atoms with Gasteiger partial charge >= 0.3 is 18.0 Å². The summed E-state index contributed by atoms with van der Waals surface area (Å²) in [4.78, 5) is 33.8. The molecular weight excluding hydrogens is 290 g/mol. The molecule has 1 atom stereocenters. The number of benzene rings is 1. The van der Waals surface area contributed by atoms with Crippen LogP contribution in [-0.4, -0.2) is 39.9 Å². The molecule has 0 saturated carbocycles. The largest absolute Gasteiger partial charge is 0.480 e. The summed E-state index contributed by atoms with van der Waals surface area (Å²) in [7, 11) is 0. The smallest absolute Gasteiger partial charge is 0.408 e. The van der Waals surface area contributed by atoms with Gasteiger partial charge in [0.25, 0.3) is 0 Å². The number of rotatable bonds is 5. The van der Waals surface area contributed by atoms with Gasteiger partial charge < -0.3 is 20.3 Å². The van der Waals surface area contributed by atoms with Crippen LogP contribution in [0.3, 0.4) is 0 Å². The number of alkyl carbamates (subject to hydrolysis) is 1. The van der Waals surface area contributed by atoms with Gasteiger partial charge in [0.2, 0.25) is 0 Å². The summed E-state index contributed by atoms with van der Waals surface area (Å²) in [5, 5.41) is 20.4. The molecule has 1 aromatic rings. The SMILES string of the molecule is CC(C)(C)OC(=O)N[C@H](Cc1cccc(C(=O)O)c1)C(=O)O. The first kappa shape index (κ1) is 17.5. The molecule has 0 aliphatic rings. The lowest BCUT2D eigenvalue weighted by Crippen LogP contribution is -2.44. The van der Waals surface area contributed by atoms with E-state index in [-0.39, 0.29) is 12.0 Å². The Morgan fingerprint density at radius 2 is 1.86 bits per heavy atom. The molecule has 0 saturated heterocycles. The number of ether oxygens (including phenoxy) is 1. The van der Waals surface area contributed by atoms with Crippen molar-refractivity contribution in [2.45, 2.75) is 38.8 Å². The zero-order valence-corrected chi connectivity index (χ0v) is 12.6. The summed E-state index contributed by atoms with van der Waals surface area (Å²) in [6, 6.07) is 4.68. The molecule has 0 bridgehead atoms. The third-order valence-corrected chi connectivity index (χ3v) is 2.60. The Morgan fingerprint density at radius 3 is 2.36 bits per heavy atom. The van der Waals surface area contributed by atoms with E-state index in [1.165, 1.54) is 18.2 Å². The lowest BCUT2D eigenvalue weighted by molar-refractivity contribution is -0.139. The Morgan fingerprint density at radius 1 is 1.23 bits per heavy atom. The molecular formula is C15H19NO6. The maximum absolute atomic E-state index is 11.6. The Labute approximate surface area is 127 Å². The van der Waals surface area contributed by atoms with Crippen molar-refractivity contribution < 1.29 is 29.3 Å². The molecule has 0 radical (unpaired) electrons. The van der Waals surface area contributed by atoms with E-state index in [9.17, 15) is 19.5 Å². The predicted molar refractivity (Wildman–Crippen MR) is 77.9 cm³/mol. The molecule has 0 spiro atoms. The summed E-state index contributed by atoms with van der Waals surface area (Å²) in [6.45, 7) is 5.00. The molecule has 0 fully saturated rings. The Balaban J connectivity index is 2.81. The van der Waals surface area contributed by atoms with E-state index in [1.807, 2.05) is 0 Å². The van der Waals surface area contributed by atoms with Crippen molar-refractivity contribution in [2.75, 3.05) is 0 Å². The van der Waals surface area contributed by atoms with Crippen LogP contribution in [0.2, 0.25) is 0 Å². The maximum atomic E-state index is 11.6. The van der Waals surface area contributed by atoms with E-state index in [0.717, 1.165) is 0 Å². The van der Waals surface area contributed by atoms with E-state index in [4.69, 9.17) is 9.84 Å². The molecule has 0 aromatic heterocycles. The highest BCUT2D eigenvalue weighted by atomic mass is 16.6. The summed E-state index contributed by atoms with van der Waals surface area (Å²) < 4.78 is 5.01. The fourth-order valence-corrected chi connectivity index (χ4v) is 1.72. The van der Waals surface area contributed by atoms with Crippen LogP contribution in [0.5, 0.6) is 0 Å². The van der Waals surface area contributed by atoms with Gasteiger partial charge in [0.1, 0.15) is 11.6 Å². The van der Waals surface area contributed by atoms with Crippen LogP contribution in [0, 0.1) is 0 Å². The minimum absolute atomic E-state index is 0.0459. The molecule has 22 heavy (non-hydrogen) atoms. The molecule has 7 nitrogen and oxygen atoms in total. The fraction of sp³-hybridized carbons (Fsp3) is 0.400. The predicted octanol–water partition coefficient (Wildman–Crippen LogP) is 1.91. The van der Waals surface area contributed by atoms with Gasteiger partial charge in [-0.3, -0.25) is 0 Å². The highest BCUT2D eigenvalue weighted by molar-refractivity contribution is 5.87. The number of nitrogens with one attached hydrogen (secondary N) is 1. The van der Waals surface area contributed by atoms with Crippen molar-refractivity contribution in [3.05, 3.63) is 35.4 Å².